The molecule has 7 heteroatoms. The Balaban J connectivity index is 2.00. The fourth-order valence-corrected chi connectivity index (χ4v) is 1.73. The number of hydrogen-bond acceptors (Lipinski definition) is 3. The summed E-state index contributed by atoms with van der Waals surface area (Å²) in [5.74, 6) is 0. The van der Waals surface area contributed by atoms with Crippen molar-refractivity contribution < 1.29 is 13.2 Å². The minimum atomic E-state index is -4.43. The van der Waals surface area contributed by atoms with Crippen LogP contribution >= 0.6 is 0 Å². The Kier molecular flexibility index (Phi) is 3.84. The smallest absolute Gasteiger partial charge is 0.307 e. The van der Waals surface area contributed by atoms with Crippen LogP contribution in [0.15, 0.2) is 30.6 Å². The van der Waals surface area contributed by atoms with Gasteiger partial charge in [0.1, 0.15) is 0 Å². The van der Waals surface area contributed by atoms with Crippen LogP contribution in [0.25, 0.3) is 0 Å². The minimum Gasteiger partial charge on any atom is -0.307 e. The molecule has 0 radical (unpaired) electrons. The van der Waals surface area contributed by atoms with Gasteiger partial charge >= 0.3 is 6.18 Å². The lowest BCUT2D eigenvalue weighted by atomic mass is 10.2. The van der Waals surface area contributed by atoms with Crippen molar-refractivity contribution in [1.29, 1.82) is 0 Å². The summed E-state index contributed by atoms with van der Waals surface area (Å²) in [4.78, 5) is 4.08. The second kappa shape index (κ2) is 5.40. The van der Waals surface area contributed by atoms with Crippen LogP contribution in [0, 0.1) is 0 Å². The van der Waals surface area contributed by atoms with E-state index in [0.29, 0.717) is 6.54 Å². The molecule has 0 aliphatic heterocycles. The summed E-state index contributed by atoms with van der Waals surface area (Å²) < 4.78 is 39.3. The summed E-state index contributed by atoms with van der Waals surface area (Å²) in [5.41, 5.74) is 0.0643. The zero-order valence-corrected chi connectivity index (χ0v) is 10.3. The summed E-state index contributed by atoms with van der Waals surface area (Å²) >= 11 is 0. The van der Waals surface area contributed by atoms with Gasteiger partial charge in [-0.2, -0.15) is 18.3 Å². The van der Waals surface area contributed by atoms with Crippen LogP contribution in [-0.4, -0.2) is 14.8 Å². The third kappa shape index (κ3) is 3.54. The number of pyridine rings is 1. The Hall–Kier alpha value is -1.89. The number of nitrogens with one attached hydrogen (secondary N) is 1. The van der Waals surface area contributed by atoms with E-state index in [9.17, 15) is 13.2 Å². The molecule has 0 spiro atoms. The lowest BCUT2D eigenvalue weighted by molar-refractivity contribution is -0.142. The molecule has 0 amide bonds. The standard InChI is InChI=1S/C12H13F3N4/c1-19-8-9(11(18-19)12(13,14)15)6-16-7-10-4-2-3-5-17-10/h2-5,8,16H,6-7H2,1H3. The van der Waals surface area contributed by atoms with Gasteiger partial charge < -0.3 is 5.32 Å². The highest BCUT2D eigenvalue weighted by molar-refractivity contribution is 5.20. The van der Waals surface area contributed by atoms with E-state index in [1.807, 2.05) is 6.07 Å². The number of hydrogen-bond donors (Lipinski definition) is 1. The van der Waals surface area contributed by atoms with Crippen molar-refractivity contribution in [3.8, 4) is 0 Å². The van der Waals surface area contributed by atoms with E-state index in [0.717, 1.165) is 5.69 Å². The number of nitrogens with zero attached hydrogens (tertiary/aromatic N) is 3. The van der Waals surface area contributed by atoms with Gasteiger partial charge in [0, 0.05) is 38.1 Å². The van der Waals surface area contributed by atoms with Gasteiger partial charge in [0.15, 0.2) is 5.69 Å². The number of halogens is 3. The van der Waals surface area contributed by atoms with Crippen molar-refractivity contribution in [2.75, 3.05) is 0 Å². The molecule has 2 aromatic heterocycles. The first-order valence-corrected chi connectivity index (χ1v) is 5.67. The summed E-state index contributed by atoms with van der Waals surface area (Å²) in [5, 5.41) is 6.37. The van der Waals surface area contributed by atoms with Crippen molar-refractivity contribution in [2.45, 2.75) is 19.3 Å². The quantitative estimate of drug-likeness (QED) is 0.925. The maximum atomic E-state index is 12.7. The van der Waals surface area contributed by atoms with Gasteiger partial charge in [-0.1, -0.05) is 6.07 Å². The maximum absolute atomic E-state index is 12.7. The maximum Gasteiger partial charge on any atom is 0.435 e. The Morgan fingerprint density at radius 3 is 2.68 bits per heavy atom. The second-order valence-electron chi connectivity index (χ2n) is 4.10. The lowest BCUT2D eigenvalue weighted by Gasteiger charge is -2.07. The van der Waals surface area contributed by atoms with E-state index in [2.05, 4.69) is 15.4 Å². The molecule has 0 aliphatic rings. The molecule has 102 valence electrons. The van der Waals surface area contributed by atoms with Crippen molar-refractivity contribution in [1.82, 2.24) is 20.1 Å². The monoisotopic (exact) mass is 270 g/mol. The Bertz CT molecular complexity index is 534. The van der Waals surface area contributed by atoms with E-state index in [1.54, 1.807) is 18.3 Å². The molecular weight excluding hydrogens is 257 g/mol. The summed E-state index contributed by atoms with van der Waals surface area (Å²) in [6.07, 6.45) is -1.42. The Morgan fingerprint density at radius 1 is 1.26 bits per heavy atom. The molecule has 0 fully saturated rings. The van der Waals surface area contributed by atoms with Crippen LogP contribution in [0.2, 0.25) is 0 Å². The molecule has 0 aromatic carbocycles. The fourth-order valence-electron chi connectivity index (χ4n) is 1.73. The molecule has 0 bridgehead atoms. The molecule has 19 heavy (non-hydrogen) atoms. The van der Waals surface area contributed by atoms with Crippen molar-refractivity contribution in [3.05, 3.63) is 47.5 Å². The van der Waals surface area contributed by atoms with Crippen LogP contribution in [0.3, 0.4) is 0 Å². The average Bonchev–Trinajstić information content (AvgIpc) is 2.72. The van der Waals surface area contributed by atoms with Gasteiger partial charge in [-0.3, -0.25) is 9.67 Å². The van der Waals surface area contributed by atoms with Gasteiger partial charge in [-0.15, -0.1) is 0 Å². The number of alkyl halides is 3. The Labute approximate surface area is 108 Å². The first-order valence-electron chi connectivity index (χ1n) is 5.67. The van der Waals surface area contributed by atoms with E-state index in [1.165, 1.54) is 17.9 Å². The molecule has 0 atom stereocenters. The summed E-state index contributed by atoms with van der Waals surface area (Å²) in [6.45, 7) is 0.506. The summed E-state index contributed by atoms with van der Waals surface area (Å²) in [7, 11) is 1.47. The third-order valence-electron chi connectivity index (χ3n) is 2.52. The highest BCUT2D eigenvalue weighted by Gasteiger charge is 2.36. The van der Waals surface area contributed by atoms with Gasteiger partial charge in [0.25, 0.3) is 0 Å². The zero-order chi connectivity index (χ0) is 13.9. The van der Waals surface area contributed by atoms with E-state index in [-0.39, 0.29) is 12.1 Å². The second-order valence-corrected chi connectivity index (χ2v) is 4.10. The molecule has 0 aliphatic carbocycles. The predicted octanol–water partition coefficient (Wildman–Crippen LogP) is 2.12. The van der Waals surface area contributed by atoms with Crippen LogP contribution in [0.4, 0.5) is 13.2 Å². The van der Waals surface area contributed by atoms with Gasteiger partial charge in [0.05, 0.1) is 5.69 Å². The number of aromatic nitrogens is 3. The Morgan fingerprint density at radius 2 is 2.05 bits per heavy atom. The van der Waals surface area contributed by atoms with Crippen LogP contribution in [0.5, 0.6) is 0 Å². The zero-order valence-electron chi connectivity index (χ0n) is 10.3. The SMILES string of the molecule is Cn1cc(CNCc2ccccn2)c(C(F)(F)F)n1. The van der Waals surface area contributed by atoms with Gasteiger partial charge in [-0.25, -0.2) is 0 Å². The van der Waals surface area contributed by atoms with E-state index in [4.69, 9.17) is 0 Å². The van der Waals surface area contributed by atoms with E-state index < -0.39 is 11.9 Å². The number of aryl methyl sites for hydroxylation is 1. The third-order valence-corrected chi connectivity index (χ3v) is 2.52. The first-order chi connectivity index (χ1) is 8.97. The van der Waals surface area contributed by atoms with Crippen molar-refractivity contribution in [3.63, 3.8) is 0 Å². The summed E-state index contributed by atoms with van der Waals surface area (Å²) in [6, 6.07) is 5.42. The van der Waals surface area contributed by atoms with Gasteiger partial charge in [0.2, 0.25) is 0 Å². The normalized spacial score (nSPS) is 11.8. The molecule has 2 aromatic rings. The minimum absolute atomic E-state index is 0.0965. The molecule has 1 N–H and O–H groups in total. The molecule has 2 heterocycles. The molecule has 4 nitrogen and oxygen atoms in total. The first kappa shape index (κ1) is 13.5. The molecule has 0 saturated heterocycles. The van der Waals surface area contributed by atoms with Crippen molar-refractivity contribution in [2.24, 2.45) is 7.05 Å². The molecule has 0 saturated carbocycles. The highest BCUT2D eigenvalue weighted by Crippen LogP contribution is 2.30. The average molecular weight is 270 g/mol. The predicted molar refractivity (Wildman–Crippen MR) is 63.0 cm³/mol. The van der Waals surface area contributed by atoms with Crippen LogP contribution < -0.4 is 5.32 Å². The van der Waals surface area contributed by atoms with Crippen LogP contribution in [0.1, 0.15) is 17.0 Å². The van der Waals surface area contributed by atoms with Crippen molar-refractivity contribution >= 4 is 0 Å². The van der Waals surface area contributed by atoms with Gasteiger partial charge in [-0.05, 0) is 12.1 Å². The van der Waals surface area contributed by atoms with Crippen LogP contribution in [-0.2, 0) is 26.3 Å². The topological polar surface area (TPSA) is 42.7 Å². The fraction of sp³-hybridized carbons (Fsp3) is 0.333. The largest absolute Gasteiger partial charge is 0.435 e. The molecular formula is C12H13F3N4. The molecule has 0 unspecified atom stereocenters. The number of rotatable bonds is 4. The highest BCUT2D eigenvalue weighted by atomic mass is 19.4. The van der Waals surface area contributed by atoms with E-state index >= 15 is 0 Å². The lowest BCUT2D eigenvalue weighted by Crippen LogP contribution is -2.17. The molecule has 2 rings (SSSR count).